The molecule has 0 radical (unpaired) electrons. The Bertz CT molecular complexity index is 556. The molecule has 1 heterocycles. The summed E-state index contributed by atoms with van der Waals surface area (Å²) in [4.78, 5) is 11.9. The molecule has 2 rings (SSSR count). The van der Waals surface area contributed by atoms with Gasteiger partial charge in [0.2, 0.25) is 0 Å². The molecule has 0 saturated heterocycles. The molecule has 0 unspecified atom stereocenters. The first-order valence-electron chi connectivity index (χ1n) is 6.08. The average Bonchev–Trinajstić information content (AvgIpc) is 2.34. The van der Waals surface area contributed by atoms with Crippen LogP contribution < -0.4 is 14.2 Å². The monoisotopic (exact) mass is 262 g/mol. The standard InChI is InChI=1S/C15H18O4/c1-9(16)13-12(18-5)8-11(17-4)10-6-7-15(2,3)19-14(10)13/h6-8H,1-5H3. The number of fused-ring (bicyclic) bond motifs is 1. The van der Waals surface area contributed by atoms with E-state index in [1.165, 1.54) is 14.0 Å². The normalized spacial score (nSPS) is 15.4. The van der Waals surface area contributed by atoms with Gasteiger partial charge in [0.25, 0.3) is 0 Å². The van der Waals surface area contributed by atoms with Gasteiger partial charge in [0, 0.05) is 6.07 Å². The van der Waals surface area contributed by atoms with Gasteiger partial charge in [-0.25, -0.2) is 0 Å². The lowest BCUT2D eigenvalue weighted by molar-refractivity contribution is 0.0996. The molecule has 4 nitrogen and oxygen atoms in total. The summed E-state index contributed by atoms with van der Waals surface area (Å²) in [7, 11) is 3.10. The van der Waals surface area contributed by atoms with E-state index in [4.69, 9.17) is 14.2 Å². The van der Waals surface area contributed by atoms with E-state index < -0.39 is 5.60 Å². The summed E-state index contributed by atoms with van der Waals surface area (Å²) in [5, 5.41) is 0. The van der Waals surface area contributed by atoms with E-state index in [9.17, 15) is 4.79 Å². The molecule has 0 amide bonds. The van der Waals surface area contributed by atoms with Gasteiger partial charge in [0.15, 0.2) is 5.78 Å². The van der Waals surface area contributed by atoms with Crippen LogP contribution in [0.2, 0.25) is 0 Å². The van der Waals surface area contributed by atoms with Gasteiger partial charge < -0.3 is 14.2 Å². The van der Waals surface area contributed by atoms with Gasteiger partial charge in [-0.3, -0.25) is 4.79 Å². The summed E-state index contributed by atoms with van der Waals surface area (Å²) in [6.07, 6.45) is 3.86. The molecule has 0 aliphatic carbocycles. The van der Waals surface area contributed by atoms with Gasteiger partial charge in [-0.1, -0.05) is 0 Å². The maximum absolute atomic E-state index is 11.9. The summed E-state index contributed by atoms with van der Waals surface area (Å²) in [6, 6.07) is 1.71. The zero-order chi connectivity index (χ0) is 14.2. The fraction of sp³-hybridized carbons (Fsp3) is 0.400. The molecule has 1 aromatic rings. The van der Waals surface area contributed by atoms with Crippen molar-refractivity contribution in [1.82, 2.24) is 0 Å². The second-order valence-corrected chi connectivity index (χ2v) is 4.99. The Morgan fingerprint density at radius 2 is 1.84 bits per heavy atom. The highest BCUT2D eigenvalue weighted by Crippen LogP contribution is 2.44. The third-order valence-corrected chi connectivity index (χ3v) is 3.05. The Morgan fingerprint density at radius 3 is 2.37 bits per heavy atom. The minimum absolute atomic E-state index is 0.0955. The van der Waals surface area contributed by atoms with Crippen molar-refractivity contribution in [2.75, 3.05) is 14.2 Å². The Balaban J connectivity index is 2.76. The lowest BCUT2D eigenvalue weighted by atomic mass is 9.97. The van der Waals surface area contributed by atoms with Crippen molar-refractivity contribution in [3.63, 3.8) is 0 Å². The van der Waals surface area contributed by atoms with Gasteiger partial charge in [-0.15, -0.1) is 0 Å². The molecular formula is C15H18O4. The number of ketones is 1. The molecule has 4 heteroatoms. The number of benzene rings is 1. The number of carbonyl (C=O) groups is 1. The molecule has 1 aliphatic rings. The summed E-state index contributed by atoms with van der Waals surface area (Å²) in [6.45, 7) is 5.36. The summed E-state index contributed by atoms with van der Waals surface area (Å²) in [5.41, 5.74) is 0.762. The van der Waals surface area contributed by atoms with Crippen LogP contribution in [0.15, 0.2) is 12.1 Å². The van der Waals surface area contributed by atoms with Crippen molar-refractivity contribution in [3.05, 3.63) is 23.3 Å². The first-order chi connectivity index (χ1) is 8.89. The smallest absolute Gasteiger partial charge is 0.167 e. The maximum atomic E-state index is 11.9. The highest BCUT2D eigenvalue weighted by molar-refractivity contribution is 6.01. The van der Waals surface area contributed by atoms with Crippen LogP contribution in [0, 0.1) is 0 Å². The fourth-order valence-corrected chi connectivity index (χ4v) is 2.14. The zero-order valence-corrected chi connectivity index (χ0v) is 11.9. The molecule has 0 fully saturated rings. The number of rotatable bonds is 3. The molecule has 1 aliphatic heterocycles. The van der Waals surface area contributed by atoms with Crippen LogP contribution in [0.4, 0.5) is 0 Å². The summed E-state index contributed by atoms with van der Waals surface area (Å²) in [5.74, 6) is 1.52. The van der Waals surface area contributed by atoms with Crippen LogP contribution in [-0.4, -0.2) is 25.6 Å². The predicted molar refractivity (Wildman–Crippen MR) is 73.3 cm³/mol. The number of carbonyl (C=O) groups excluding carboxylic acids is 1. The van der Waals surface area contributed by atoms with Crippen LogP contribution in [0.3, 0.4) is 0 Å². The number of hydrogen-bond donors (Lipinski definition) is 0. The highest BCUT2D eigenvalue weighted by atomic mass is 16.5. The Labute approximate surface area is 113 Å². The van der Waals surface area contributed by atoms with E-state index in [1.54, 1.807) is 13.2 Å². The number of hydrogen-bond acceptors (Lipinski definition) is 4. The van der Waals surface area contributed by atoms with Crippen molar-refractivity contribution in [1.29, 1.82) is 0 Å². The fourth-order valence-electron chi connectivity index (χ4n) is 2.14. The Hall–Kier alpha value is -1.97. The SMILES string of the molecule is COc1cc(OC)c(C(C)=O)c2c1C=CC(C)(C)O2. The van der Waals surface area contributed by atoms with Crippen LogP contribution in [0.1, 0.15) is 36.7 Å². The first kappa shape index (κ1) is 13.5. The van der Waals surface area contributed by atoms with E-state index in [0.29, 0.717) is 22.8 Å². The third-order valence-electron chi connectivity index (χ3n) is 3.05. The largest absolute Gasteiger partial charge is 0.496 e. The Kier molecular flexibility index (Phi) is 3.27. The van der Waals surface area contributed by atoms with Gasteiger partial charge in [-0.2, -0.15) is 0 Å². The van der Waals surface area contributed by atoms with Crippen molar-refractivity contribution < 1.29 is 19.0 Å². The molecule has 102 valence electrons. The van der Waals surface area contributed by atoms with Crippen LogP contribution in [-0.2, 0) is 0 Å². The predicted octanol–water partition coefficient (Wildman–Crippen LogP) is 3.09. The molecule has 0 aromatic heterocycles. The first-order valence-corrected chi connectivity index (χ1v) is 6.08. The molecular weight excluding hydrogens is 244 g/mol. The average molecular weight is 262 g/mol. The maximum Gasteiger partial charge on any atom is 0.167 e. The number of ether oxygens (including phenoxy) is 3. The highest BCUT2D eigenvalue weighted by Gasteiger charge is 2.30. The third kappa shape index (κ3) is 2.30. The molecule has 19 heavy (non-hydrogen) atoms. The van der Waals surface area contributed by atoms with Crippen molar-refractivity contribution in [2.45, 2.75) is 26.4 Å². The molecule has 0 saturated carbocycles. The topological polar surface area (TPSA) is 44.8 Å². The summed E-state index contributed by atoms with van der Waals surface area (Å²) >= 11 is 0. The van der Waals surface area contributed by atoms with E-state index in [1.807, 2.05) is 26.0 Å². The van der Waals surface area contributed by atoms with Gasteiger partial charge in [0.1, 0.15) is 28.4 Å². The van der Waals surface area contributed by atoms with Gasteiger partial charge in [-0.05, 0) is 32.9 Å². The quantitative estimate of drug-likeness (QED) is 0.785. The molecule has 1 aromatic carbocycles. The second-order valence-electron chi connectivity index (χ2n) is 4.99. The summed E-state index contributed by atoms with van der Waals surface area (Å²) < 4.78 is 16.5. The van der Waals surface area contributed by atoms with E-state index in [-0.39, 0.29) is 5.78 Å². The van der Waals surface area contributed by atoms with Gasteiger partial charge in [0.05, 0.1) is 19.8 Å². The lowest BCUT2D eigenvalue weighted by Crippen LogP contribution is -2.28. The minimum atomic E-state index is -0.464. The molecule has 0 N–H and O–H groups in total. The Morgan fingerprint density at radius 1 is 1.21 bits per heavy atom. The van der Waals surface area contributed by atoms with Gasteiger partial charge >= 0.3 is 0 Å². The van der Waals surface area contributed by atoms with Crippen molar-refractivity contribution in [2.24, 2.45) is 0 Å². The number of Topliss-reactive ketones (excluding diaryl/α,β-unsaturated/α-hetero) is 1. The van der Waals surface area contributed by atoms with E-state index in [0.717, 1.165) is 5.56 Å². The second kappa shape index (κ2) is 4.61. The van der Waals surface area contributed by atoms with Crippen LogP contribution in [0.5, 0.6) is 17.2 Å². The molecule has 0 spiro atoms. The minimum Gasteiger partial charge on any atom is -0.496 e. The van der Waals surface area contributed by atoms with E-state index >= 15 is 0 Å². The number of methoxy groups -OCH3 is 2. The zero-order valence-electron chi connectivity index (χ0n) is 11.9. The van der Waals surface area contributed by atoms with Crippen molar-refractivity contribution >= 4 is 11.9 Å². The van der Waals surface area contributed by atoms with Crippen LogP contribution in [0.25, 0.3) is 6.08 Å². The lowest BCUT2D eigenvalue weighted by Gasteiger charge is -2.30. The molecule has 0 bridgehead atoms. The van der Waals surface area contributed by atoms with Crippen LogP contribution >= 0.6 is 0 Å². The van der Waals surface area contributed by atoms with Crippen molar-refractivity contribution in [3.8, 4) is 17.2 Å². The molecule has 0 atom stereocenters. The van der Waals surface area contributed by atoms with E-state index in [2.05, 4.69) is 0 Å².